The first-order valence-electron chi connectivity index (χ1n) is 22.0. The van der Waals surface area contributed by atoms with Crippen LogP contribution in [0.4, 0.5) is 0 Å². The van der Waals surface area contributed by atoms with E-state index < -0.39 is 0 Å². The maximum atomic E-state index is 3.50. The molecule has 4 aliphatic rings. The van der Waals surface area contributed by atoms with Crippen molar-refractivity contribution in [3.8, 4) is 22.3 Å². The molecule has 298 valence electrons. The normalized spacial score (nSPS) is 16.3. The predicted octanol–water partition coefficient (Wildman–Crippen LogP) is 15.5. The van der Waals surface area contributed by atoms with Crippen LogP contribution in [-0.4, -0.2) is 0 Å². The fourth-order valence-electron chi connectivity index (χ4n) is 10.8. The van der Waals surface area contributed by atoms with E-state index in [-0.39, 0.29) is 13.3 Å². The first-order chi connectivity index (χ1) is 28.7. The molecule has 0 N–H and O–H groups in total. The Morgan fingerprint density at radius 3 is 2.00 bits per heavy atom. The quantitative estimate of drug-likeness (QED) is 0.117. The summed E-state index contributed by atoms with van der Waals surface area (Å²) in [6.45, 7) is 16.7. The van der Waals surface area contributed by atoms with Gasteiger partial charge in [-0.2, -0.15) is 0 Å². The topological polar surface area (TPSA) is 0 Å². The maximum Gasteiger partial charge on any atom is 0.0146 e. The van der Waals surface area contributed by atoms with Gasteiger partial charge in [-0.05, 0) is 196 Å². The maximum absolute atomic E-state index is 3.50. The number of allylic oxidation sites excluding steroid dienone is 9. The number of hydrogen-bond acceptors (Lipinski definition) is 0. The average Bonchev–Trinajstić information content (AvgIpc) is 3.49. The van der Waals surface area contributed by atoms with Gasteiger partial charge in [0, 0.05) is 5.92 Å². The summed E-state index contributed by atoms with van der Waals surface area (Å²) >= 11 is 0. The molecule has 0 saturated carbocycles. The van der Waals surface area contributed by atoms with Crippen molar-refractivity contribution in [3.63, 3.8) is 0 Å². The van der Waals surface area contributed by atoms with Gasteiger partial charge >= 0.3 is 0 Å². The van der Waals surface area contributed by atoms with Crippen molar-refractivity contribution in [1.29, 1.82) is 0 Å². The van der Waals surface area contributed by atoms with E-state index in [1.54, 1.807) is 0 Å². The van der Waals surface area contributed by atoms with Crippen LogP contribution in [0.15, 0.2) is 133 Å². The Kier molecular flexibility index (Phi) is 10.3. The molecule has 0 saturated heterocycles. The minimum absolute atomic E-state index is 0. The molecule has 0 spiro atoms. The van der Waals surface area contributed by atoms with Gasteiger partial charge < -0.3 is 0 Å². The van der Waals surface area contributed by atoms with Gasteiger partial charge in [-0.1, -0.05) is 152 Å². The van der Waals surface area contributed by atoms with E-state index in [1.165, 1.54) is 115 Å². The van der Waals surface area contributed by atoms with Gasteiger partial charge in [0.05, 0.1) is 0 Å². The molecule has 0 heteroatoms. The highest BCUT2D eigenvalue weighted by molar-refractivity contribution is 6.18. The lowest BCUT2D eigenvalue weighted by Crippen LogP contribution is -2.28. The van der Waals surface area contributed by atoms with E-state index >= 15 is 0 Å². The summed E-state index contributed by atoms with van der Waals surface area (Å²) in [5.41, 5.74) is 25.0. The third-order valence-electron chi connectivity index (χ3n) is 13.6. The number of hydrogen-bond donors (Lipinski definition) is 0. The Morgan fingerprint density at radius 1 is 0.633 bits per heavy atom. The van der Waals surface area contributed by atoms with Gasteiger partial charge in [-0.25, -0.2) is 0 Å². The summed E-state index contributed by atoms with van der Waals surface area (Å²) < 4.78 is 0. The van der Waals surface area contributed by atoms with Gasteiger partial charge in [0.2, 0.25) is 0 Å². The van der Waals surface area contributed by atoms with Crippen LogP contribution in [0.5, 0.6) is 0 Å². The third kappa shape index (κ3) is 6.28. The van der Waals surface area contributed by atoms with Crippen LogP contribution in [0.25, 0.3) is 72.7 Å². The van der Waals surface area contributed by atoms with Crippen LogP contribution >= 0.6 is 0 Å². The van der Waals surface area contributed by atoms with E-state index in [9.17, 15) is 0 Å². The van der Waals surface area contributed by atoms with E-state index in [1.807, 2.05) is 0 Å². The van der Waals surface area contributed by atoms with Crippen molar-refractivity contribution in [2.45, 2.75) is 98.8 Å². The monoisotopic (exact) mass is 778 g/mol. The summed E-state index contributed by atoms with van der Waals surface area (Å²) in [5, 5.41) is 8.02. The summed E-state index contributed by atoms with van der Waals surface area (Å²) in [6, 6.07) is 32.7. The second-order valence-corrected chi connectivity index (χ2v) is 18.1. The lowest BCUT2D eigenvalue weighted by molar-refractivity contribution is 0.807. The molecule has 0 aliphatic heterocycles. The van der Waals surface area contributed by atoms with Gasteiger partial charge in [-0.15, -0.1) is 5.73 Å². The number of fused-ring (bicyclic) bond motifs is 9. The van der Waals surface area contributed by atoms with Crippen LogP contribution in [0.2, 0.25) is 0 Å². The Hall–Kier alpha value is -5.94. The Morgan fingerprint density at radius 2 is 1.32 bits per heavy atom. The Balaban J connectivity index is 0.00000462. The van der Waals surface area contributed by atoms with Crippen molar-refractivity contribution >= 4 is 50.4 Å². The molecule has 0 fully saturated rings. The molecule has 10 rings (SSSR count). The molecule has 0 amide bonds. The first kappa shape index (κ1) is 39.5. The molecular formula is C60H58. The van der Waals surface area contributed by atoms with E-state index in [2.05, 4.69) is 194 Å². The highest BCUT2D eigenvalue weighted by Crippen LogP contribution is 2.58. The zero-order chi connectivity index (χ0) is 40.5. The van der Waals surface area contributed by atoms with Crippen molar-refractivity contribution in [1.82, 2.24) is 0 Å². The fourth-order valence-corrected chi connectivity index (χ4v) is 10.8. The SMILES string of the molecule is C.CC1=C2c3c4c(cc(-c5c(C(C)C)cc(C(C)C)cc5C(C)C)c3=CCC2c2c1c(-c1ccccc1)c1cc3ccccc3cc1c2C1=CC=CC=CC1)=CC=C=CC4. The zero-order valence-electron chi connectivity index (χ0n) is 35.7. The molecule has 0 nitrogen and oxygen atoms in total. The Labute approximate surface area is 358 Å². The molecule has 0 radical (unpaired) electrons. The lowest BCUT2D eigenvalue weighted by atomic mass is 9.74. The average molecular weight is 779 g/mol. The molecule has 60 heavy (non-hydrogen) atoms. The largest absolute Gasteiger partial charge is 0.125 e. The highest BCUT2D eigenvalue weighted by atomic mass is 14.4. The highest BCUT2D eigenvalue weighted by Gasteiger charge is 2.39. The van der Waals surface area contributed by atoms with Gasteiger partial charge in [-0.3, -0.25) is 0 Å². The van der Waals surface area contributed by atoms with Crippen molar-refractivity contribution in [3.05, 3.63) is 188 Å². The third-order valence-corrected chi connectivity index (χ3v) is 13.6. The molecule has 4 aliphatic carbocycles. The van der Waals surface area contributed by atoms with Crippen LogP contribution in [0.1, 0.15) is 137 Å². The van der Waals surface area contributed by atoms with Gasteiger partial charge in [0.1, 0.15) is 0 Å². The van der Waals surface area contributed by atoms with Crippen LogP contribution in [0.3, 0.4) is 0 Å². The van der Waals surface area contributed by atoms with Crippen molar-refractivity contribution in [2.75, 3.05) is 0 Å². The first-order valence-corrected chi connectivity index (χ1v) is 22.0. The zero-order valence-corrected chi connectivity index (χ0v) is 35.7. The molecule has 0 bridgehead atoms. The van der Waals surface area contributed by atoms with Crippen LogP contribution in [-0.2, 0) is 6.42 Å². The lowest BCUT2D eigenvalue weighted by Gasteiger charge is -2.29. The fraction of sp³-hybridized carbons (Fsp3) is 0.250. The van der Waals surface area contributed by atoms with Crippen molar-refractivity contribution in [2.24, 2.45) is 0 Å². The molecule has 6 aromatic rings. The Bertz CT molecular complexity index is 3040. The molecule has 0 aromatic heterocycles. The second kappa shape index (κ2) is 15.6. The van der Waals surface area contributed by atoms with Crippen LogP contribution in [0, 0.1) is 0 Å². The summed E-state index contributed by atoms with van der Waals surface area (Å²) in [7, 11) is 0. The number of rotatable bonds is 6. The minimum Gasteiger partial charge on any atom is -0.125 e. The van der Waals surface area contributed by atoms with Crippen LogP contribution < -0.4 is 10.4 Å². The van der Waals surface area contributed by atoms with Crippen molar-refractivity contribution < 1.29 is 0 Å². The van der Waals surface area contributed by atoms with Gasteiger partial charge in [0.25, 0.3) is 0 Å². The molecule has 1 atom stereocenters. The van der Waals surface area contributed by atoms with E-state index in [0.29, 0.717) is 17.8 Å². The molecule has 1 unspecified atom stereocenters. The predicted molar refractivity (Wildman–Crippen MR) is 263 cm³/mol. The smallest absolute Gasteiger partial charge is 0.0146 e. The standard InChI is InChI=1S/C59H54.CH4/c1-35(2)44-33-48(36(3)4)57(49(34-44)37(5)6)50-32-43-26-16-11-17-27-45(43)58-46(50)28-29-47-53(58)38(7)54-55(39-22-14-10-15-23-39)51-30-41-24-18-19-25-42(41)31-52(51)56(59(47)54)40-20-12-8-9-13-21-40;/h8-10,12-20,22-26,28,30-37,47H,21,27,29H2,1-7H3;1H4. The van der Waals surface area contributed by atoms with E-state index in [4.69, 9.17) is 0 Å². The van der Waals surface area contributed by atoms with E-state index in [0.717, 1.165) is 19.3 Å². The summed E-state index contributed by atoms with van der Waals surface area (Å²) in [4.78, 5) is 0. The second-order valence-electron chi connectivity index (χ2n) is 18.1. The summed E-state index contributed by atoms with van der Waals surface area (Å²) in [6.07, 6.45) is 23.4. The van der Waals surface area contributed by atoms with Gasteiger partial charge in [0.15, 0.2) is 0 Å². The molecule has 6 aromatic carbocycles. The summed E-state index contributed by atoms with van der Waals surface area (Å²) in [5.74, 6) is 1.49. The molecular weight excluding hydrogens is 721 g/mol. The number of benzene rings is 6. The molecule has 0 heterocycles. The minimum atomic E-state index is 0.